The molecule has 0 unspecified atom stereocenters. The summed E-state index contributed by atoms with van der Waals surface area (Å²) in [5, 5.41) is 0.286. The minimum Gasteiger partial charge on any atom is -0.298 e. The zero-order valence-corrected chi connectivity index (χ0v) is 9.70. The van der Waals surface area contributed by atoms with Crippen LogP contribution in [0.25, 0.3) is 0 Å². The molecule has 13 heavy (non-hydrogen) atoms. The molecule has 0 aliphatic heterocycles. The first kappa shape index (κ1) is 9.57. The fourth-order valence-corrected chi connectivity index (χ4v) is 4.55. The summed E-state index contributed by atoms with van der Waals surface area (Å²) in [4.78, 5) is 12.1. The lowest BCUT2D eigenvalue weighted by atomic mass is 9.70. The monoisotopic (exact) mass is 198 g/mol. The lowest BCUT2D eigenvalue weighted by molar-refractivity contribution is -0.127. The highest BCUT2D eigenvalue weighted by molar-refractivity contribution is 8.00. The predicted molar refractivity (Wildman–Crippen MR) is 56.9 cm³/mol. The minimum atomic E-state index is -0.0225. The maximum absolute atomic E-state index is 12.1. The molecule has 0 N–H and O–H groups in total. The van der Waals surface area contributed by atoms with Gasteiger partial charge in [-0.2, -0.15) is 11.8 Å². The first-order valence-corrected chi connectivity index (χ1v) is 6.31. The second kappa shape index (κ2) is 2.53. The molecule has 0 saturated heterocycles. The molecule has 0 aromatic heterocycles. The molecule has 0 aromatic carbocycles. The van der Waals surface area contributed by atoms with Crippen LogP contribution in [0.5, 0.6) is 0 Å². The van der Waals surface area contributed by atoms with Crippen molar-refractivity contribution in [3.63, 3.8) is 0 Å². The van der Waals surface area contributed by atoms with Crippen molar-refractivity contribution in [2.75, 3.05) is 6.26 Å². The quantitative estimate of drug-likeness (QED) is 0.644. The molecule has 0 heterocycles. The Bertz CT molecular complexity index is 259. The summed E-state index contributed by atoms with van der Waals surface area (Å²) >= 11 is 1.75. The van der Waals surface area contributed by atoms with E-state index in [2.05, 4.69) is 27.0 Å². The van der Waals surface area contributed by atoms with Gasteiger partial charge in [0, 0.05) is 5.41 Å². The van der Waals surface area contributed by atoms with E-state index >= 15 is 0 Å². The minimum absolute atomic E-state index is 0.0225. The first-order chi connectivity index (χ1) is 5.95. The molecule has 2 fully saturated rings. The second-order valence-electron chi connectivity index (χ2n) is 5.22. The average molecular weight is 198 g/mol. The molecular weight excluding hydrogens is 180 g/mol. The van der Waals surface area contributed by atoms with Crippen LogP contribution in [-0.4, -0.2) is 17.3 Å². The van der Waals surface area contributed by atoms with Crippen molar-refractivity contribution in [1.82, 2.24) is 0 Å². The Kier molecular flexibility index (Phi) is 1.86. The van der Waals surface area contributed by atoms with Gasteiger partial charge in [-0.05, 0) is 30.4 Å². The number of fused-ring (bicyclic) bond motifs is 2. The molecule has 0 radical (unpaired) electrons. The van der Waals surface area contributed by atoms with Gasteiger partial charge in [-0.3, -0.25) is 4.79 Å². The Balaban J connectivity index is 2.44. The molecule has 2 aliphatic carbocycles. The molecule has 0 amide bonds. The van der Waals surface area contributed by atoms with Crippen LogP contribution in [0.15, 0.2) is 0 Å². The summed E-state index contributed by atoms with van der Waals surface area (Å²) in [5.41, 5.74) is 0.211. The summed E-state index contributed by atoms with van der Waals surface area (Å²) in [6, 6.07) is 0. The van der Waals surface area contributed by atoms with Crippen molar-refractivity contribution in [2.45, 2.75) is 38.9 Å². The van der Waals surface area contributed by atoms with Crippen LogP contribution in [-0.2, 0) is 4.79 Å². The van der Waals surface area contributed by atoms with Crippen LogP contribution >= 0.6 is 11.8 Å². The molecule has 2 aliphatic rings. The van der Waals surface area contributed by atoms with E-state index in [1.807, 2.05) is 0 Å². The number of hydrogen-bond acceptors (Lipinski definition) is 2. The van der Waals surface area contributed by atoms with Crippen LogP contribution in [0.4, 0.5) is 0 Å². The van der Waals surface area contributed by atoms with Gasteiger partial charge in [-0.25, -0.2) is 0 Å². The first-order valence-electron chi connectivity index (χ1n) is 5.02. The third-order valence-electron chi connectivity index (χ3n) is 4.73. The third kappa shape index (κ3) is 0.881. The van der Waals surface area contributed by atoms with E-state index < -0.39 is 0 Å². The van der Waals surface area contributed by atoms with Gasteiger partial charge in [0.1, 0.15) is 0 Å². The summed E-state index contributed by atoms with van der Waals surface area (Å²) < 4.78 is 0. The van der Waals surface area contributed by atoms with Crippen molar-refractivity contribution in [2.24, 2.45) is 16.7 Å². The molecule has 1 nitrogen and oxygen atoms in total. The average Bonchev–Trinajstić information content (AvgIpc) is 2.36. The predicted octanol–water partition coefficient (Wildman–Crippen LogP) is 2.74. The van der Waals surface area contributed by atoms with Crippen LogP contribution in [0.1, 0.15) is 33.6 Å². The third-order valence-corrected chi connectivity index (χ3v) is 5.78. The fourth-order valence-electron chi connectivity index (χ4n) is 3.27. The summed E-state index contributed by atoms with van der Waals surface area (Å²) in [6.07, 6.45) is 4.43. The molecule has 0 spiro atoms. The molecule has 3 atom stereocenters. The van der Waals surface area contributed by atoms with Gasteiger partial charge in [0.25, 0.3) is 0 Å². The Morgan fingerprint density at radius 2 is 2.00 bits per heavy atom. The molecule has 2 heteroatoms. The SMILES string of the molecule is CS[C@H]1C(=O)[C@@]2(C)CC[C@@H]1C2(C)C. The van der Waals surface area contributed by atoms with Crippen LogP contribution in [0, 0.1) is 16.7 Å². The largest absolute Gasteiger partial charge is 0.298 e. The van der Waals surface area contributed by atoms with E-state index in [0.717, 1.165) is 6.42 Å². The van der Waals surface area contributed by atoms with Gasteiger partial charge in [0.05, 0.1) is 5.25 Å². The number of thioether (sulfide) groups is 1. The molecule has 2 rings (SSSR count). The number of Topliss-reactive ketones (excluding diaryl/α,β-unsaturated/α-hetero) is 1. The van der Waals surface area contributed by atoms with Crippen LogP contribution in [0.2, 0.25) is 0 Å². The van der Waals surface area contributed by atoms with Gasteiger partial charge in [-0.15, -0.1) is 0 Å². The zero-order chi connectivity index (χ0) is 9.85. The van der Waals surface area contributed by atoms with Crippen molar-refractivity contribution in [1.29, 1.82) is 0 Å². The number of ketones is 1. The standard InChI is InChI=1S/C11H18OS/c1-10(2)7-5-6-11(10,3)9(12)8(7)13-4/h7-8H,5-6H2,1-4H3/t7-,8+,11+/m0/s1. The Hall–Kier alpha value is 0.0200. The lowest BCUT2D eigenvalue weighted by Gasteiger charge is -2.32. The van der Waals surface area contributed by atoms with Crippen LogP contribution in [0.3, 0.4) is 0 Å². The topological polar surface area (TPSA) is 17.1 Å². The van der Waals surface area contributed by atoms with Crippen molar-refractivity contribution < 1.29 is 4.79 Å². The highest BCUT2D eigenvalue weighted by Crippen LogP contribution is 2.65. The fraction of sp³-hybridized carbons (Fsp3) is 0.909. The van der Waals surface area contributed by atoms with E-state index in [1.54, 1.807) is 11.8 Å². The van der Waals surface area contributed by atoms with E-state index in [4.69, 9.17) is 0 Å². The summed E-state index contributed by atoms with van der Waals surface area (Å²) in [7, 11) is 0. The molecule has 2 saturated carbocycles. The van der Waals surface area contributed by atoms with E-state index in [1.165, 1.54) is 6.42 Å². The van der Waals surface area contributed by atoms with Gasteiger partial charge in [-0.1, -0.05) is 20.8 Å². The summed E-state index contributed by atoms with van der Waals surface area (Å²) in [5.74, 6) is 1.14. The number of rotatable bonds is 1. The molecular formula is C11H18OS. The van der Waals surface area contributed by atoms with E-state index in [-0.39, 0.29) is 16.1 Å². The number of hydrogen-bond donors (Lipinski definition) is 0. The van der Waals surface area contributed by atoms with Crippen LogP contribution < -0.4 is 0 Å². The van der Waals surface area contributed by atoms with Crippen molar-refractivity contribution in [3.8, 4) is 0 Å². The molecule has 74 valence electrons. The van der Waals surface area contributed by atoms with Crippen molar-refractivity contribution >= 4 is 17.5 Å². The highest BCUT2D eigenvalue weighted by atomic mass is 32.2. The van der Waals surface area contributed by atoms with Crippen molar-refractivity contribution in [3.05, 3.63) is 0 Å². The molecule has 0 aromatic rings. The van der Waals surface area contributed by atoms with Gasteiger partial charge in [0.15, 0.2) is 5.78 Å². The smallest absolute Gasteiger partial charge is 0.152 e. The Morgan fingerprint density at radius 3 is 2.31 bits per heavy atom. The van der Waals surface area contributed by atoms with Gasteiger partial charge in [0.2, 0.25) is 0 Å². The van der Waals surface area contributed by atoms with E-state index in [0.29, 0.717) is 11.7 Å². The van der Waals surface area contributed by atoms with Gasteiger partial charge >= 0.3 is 0 Å². The van der Waals surface area contributed by atoms with Gasteiger partial charge < -0.3 is 0 Å². The van der Waals surface area contributed by atoms with E-state index in [9.17, 15) is 4.79 Å². The maximum Gasteiger partial charge on any atom is 0.152 e. The summed E-state index contributed by atoms with van der Waals surface area (Å²) in [6.45, 7) is 6.73. The zero-order valence-electron chi connectivity index (χ0n) is 8.89. The number of carbonyl (C=O) groups excluding carboxylic acids is 1. The maximum atomic E-state index is 12.1. The lowest BCUT2D eigenvalue weighted by Crippen LogP contribution is -2.34. The Labute approximate surface area is 84.7 Å². The second-order valence-corrected chi connectivity index (χ2v) is 6.20. The highest BCUT2D eigenvalue weighted by Gasteiger charge is 2.65. The Morgan fingerprint density at radius 1 is 1.38 bits per heavy atom. The normalized spacial score (nSPS) is 47.2. The number of carbonyl (C=O) groups is 1. The molecule has 2 bridgehead atoms.